The number of hydrogen-bond acceptors (Lipinski definition) is 3. The SMILES string of the molecule is Cc1cc2ncn(Cc3ncc(C)c(N)c3C)c2cc1C. The third-order valence-electron chi connectivity index (χ3n) is 4.23. The number of benzene rings is 1. The summed E-state index contributed by atoms with van der Waals surface area (Å²) < 4.78 is 2.13. The van der Waals surface area contributed by atoms with Gasteiger partial charge in [0.1, 0.15) is 0 Å². The Balaban J connectivity index is 2.07. The Morgan fingerprint density at radius 2 is 1.71 bits per heavy atom. The van der Waals surface area contributed by atoms with Gasteiger partial charge in [0.2, 0.25) is 0 Å². The van der Waals surface area contributed by atoms with Gasteiger partial charge in [0.15, 0.2) is 0 Å². The van der Waals surface area contributed by atoms with Crippen molar-refractivity contribution < 1.29 is 0 Å². The summed E-state index contributed by atoms with van der Waals surface area (Å²) in [6.45, 7) is 8.94. The number of rotatable bonds is 2. The monoisotopic (exact) mass is 280 g/mol. The number of hydrogen-bond donors (Lipinski definition) is 1. The van der Waals surface area contributed by atoms with Crippen molar-refractivity contribution in [3.05, 3.63) is 52.6 Å². The van der Waals surface area contributed by atoms with Crippen molar-refractivity contribution in [2.45, 2.75) is 34.2 Å². The van der Waals surface area contributed by atoms with Crippen LogP contribution in [0.1, 0.15) is 27.9 Å². The first-order valence-electron chi connectivity index (χ1n) is 7.10. The summed E-state index contributed by atoms with van der Waals surface area (Å²) in [5, 5.41) is 0. The first-order chi connectivity index (χ1) is 9.97. The Labute approximate surface area is 124 Å². The standard InChI is InChI=1S/C17H20N4/c1-10-5-14-16(6-11(10)2)21(9-20-14)8-15-13(4)17(18)12(3)7-19-15/h5-7,9H,8H2,1-4H3,(H2,18,19). The number of aromatic nitrogens is 3. The summed E-state index contributed by atoms with van der Waals surface area (Å²) >= 11 is 0. The molecule has 4 nitrogen and oxygen atoms in total. The predicted octanol–water partition coefficient (Wildman–Crippen LogP) is 3.30. The molecule has 2 N–H and O–H groups in total. The van der Waals surface area contributed by atoms with E-state index in [1.54, 1.807) is 0 Å². The van der Waals surface area contributed by atoms with Crippen molar-refractivity contribution in [3.63, 3.8) is 0 Å². The number of aryl methyl sites for hydroxylation is 3. The van der Waals surface area contributed by atoms with Crippen molar-refractivity contribution in [1.82, 2.24) is 14.5 Å². The van der Waals surface area contributed by atoms with E-state index in [1.807, 2.05) is 26.4 Å². The smallest absolute Gasteiger partial charge is 0.0962 e. The molecular weight excluding hydrogens is 260 g/mol. The van der Waals surface area contributed by atoms with Gasteiger partial charge in [-0.15, -0.1) is 0 Å². The van der Waals surface area contributed by atoms with Gasteiger partial charge in [-0.3, -0.25) is 4.98 Å². The molecule has 3 rings (SSSR count). The highest BCUT2D eigenvalue weighted by molar-refractivity contribution is 5.77. The van der Waals surface area contributed by atoms with E-state index in [4.69, 9.17) is 5.73 Å². The molecule has 0 bridgehead atoms. The summed E-state index contributed by atoms with van der Waals surface area (Å²) in [4.78, 5) is 9.02. The fraction of sp³-hybridized carbons (Fsp3) is 0.294. The van der Waals surface area contributed by atoms with Gasteiger partial charge < -0.3 is 10.3 Å². The summed E-state index contributed by atoms with van der Waals surface area (Å²) in [5.74, 6) is 0. The first kappa shape index (κ1) is 13.6. The number of fused-ring (bicyclic) bond motifs is 1. The topological polar surface area (TPSA) is 56.7 Å². The zero-order valence-corrected chi connectivity index (χ0v) is 12.9. The van der Waals surface area contributed by atoms with Gasteiger partial charge in [0.05, 0.1) is 29.6 Å². The second-order valence-corrected chi connectivity index (χ2v) is 5.72. The van der Waals surface area contributed by atoms with Crippen LogP contribution in [0.15, 0.2) is 24.7 Å². The van der Waals surface area contributed by atoms with Crippen LogP contribution in [0.25, 0.3) is 11.0 Å². The molecule has 0 radical (unpaired) electrons. The molecule has 0 aliphatic rings. The van der Waals surface area contributed by atoms with Crippen LogP contribution in [0.3, 0.4) is 0 Å². The van der Waals surface area contributed by atoms with E-state index in [-0.39, 0.29) is 0 Å². The molecule has 21 heavy (non-hydrogen) atoms. The summed E-state index contributed by atoms with van der Waals surface area (Å²) in [6, 6.07) is 4.31. The fourth-order valence-electron chi connectivity index (χ4n) is 2.55. The van der Waals surface area contributed by atoms with Gasteiger partial charge in [0, 0.05) is 11.9 Å². The molecule has 4 heteroatoms. The van der Waals surface area contributed by atoms with E-state index in [1.165, 1.54) is 11.1 Å². The number of nitrogen functional groups attached to an aromatic ring is 1. The maximum atomic E-state index is 6.10. The van der Waals surface area contributed by atoms with Crippen LogP contribution in [0, 0.1) is 27.7 Å². The maximum Gasteiger partial charge on any atom is 0.0962 e. The Morgan fingerprint density at radius 3 is 2.48 bits per heavy atom. The first-order valence-corrected chi connectivity index (χ1v) is 7.10. The zero-order chi connectivity index (χ0) is 15.1. The molecule has 0 amide bonds. The average Bonchev–Trinajstić information content (AvgIpc) is 2.82. The maximum absolute atomic E-state index is 6.10. The second kappa shape index (κ2) is 4.88. The van der Waals surface area contributed by atoms with Gasteiger partial charge in [-0.05, 0) is 62.1 Å². The van der Waals surface area contributed by atoms with Crippen LogP contribution in [0.2, 0.25) is 0 Å². The second-order valence-electron chi connectivity index (χ2n) is 5.72. The molecule has 0 fully saturated rings. The third-order valence-corrected chi connectivity index (χ3v) is 4.23. The minimum atomic E-state index is 0.690. The molecule has 0 saturated heterocycles. The molecule has 108 valence electrons. The van der Waals surface area contributed by atoms with Crippen molar-refractivity contribution in [2.75, 3.05) is 5.73 Å². The lowest BCUT2D eigenvalue weighted by Gasteiger charge is -2.11. The third kappa shape index (κ3) is 2.27. The fourth-order valence-corrected chi connectivity index (χ4v) is 2.55. The Morgan fingerprint density at radius 1 is 1.00 bits per heavy atom. The van der Waals surface area contributed by atoms with Gasteiger partial charge in [-0.1, -0.05) is 0 Å². The molecule has 3 aromatic rings. The van der Waals surface area contributed by atoms with Gasteiger partial charge >= 0.3 is 0 Å². The summed E-state index contributed by atoms with van der Waals surface area (Å²) in [5.41, 5.74) is 14.7. The molecule has 0 unspecified atom stereocenters. The van der Waals surface area contributed by atoms with Crippen molar-refractivity contribution in [1.29, 1.82) is 0 Å². The minimum absolute atomic E-state index is 0.690. The Kier molecular flexibility index (Phi) is 3.16. The van der Waals surface area contributed by atoms with Crippen LogP contribution < -0.4 is 5.73 Å². The highest BCUT2D eigenvalue weighted by atomic mass is 15.1. The lowest BCUT2D eigenvalue weighted by atomic mass is 10.1. The van der Waals surface area contributed by atoms with Crippen LogP contribution in [0.5, 0.6) is 0 Å². The molecule has 0 saturated carbocycles. The molecule has 1 aromatic carbocycles. The molecule has 0 atom stereocenters. The number of imidazole rings is 1. The predicted molar refractivity (Wildman–Crippen MR) is 86.4 cm³/mol. The zero-order valence-electron chi connectivity index (χ0n) is 12.9. The molecular formula is C17H20N4. The highest BCUT2D eigenvalue weighted by Crippen LogP contribution is 2.22. The Bertz CT molecular complexity index is 830. The molecule has 2 heterocycles. The Hall–Kier alpha value is -2.36. The molecule has 2 aromatic heterocycles. The van der Waals surface area contributed by atoms with E-state index in [0.29, 0.717) is 6.54 Å². The van der Waals surface area contributed by atoms with Crippen molar-refractivity contribution in [3.8, 4) is 0 Å². The van der Waals surface area contributed by atoms with E-state index in [9.17, 15) is 0 Å². The van der Waals surface area contributed by atoms with Gasteiger partial charge in [0.25, 0.3) is 0 Å². The largest absolute Gasteiger partial charge is 0.398 e. The van der Waals surface area contributed by atoms with Crippen LogP contribution in [-0.2, 0) is 6.54 Å². The van der Waals surface area contributed by atoms with Gasteiger partial charge in [-0.2, -0.15) is 0 Å². The molecule has 0 spiro atoms. The van der Waals surface area contributed by atoms with Crippen LogP contribution >= 0.6 is 0 Å². The van der Waals surface area contributed by atoms with Crippen LogP contribution in [-0.4, -0.2) is 14.5 Å². The van der Waals surface area contributed by atoms with E-state index < -0.39 is 0 Å². The van der Waals surface area contributed by atoms with E-state index in [2.05, 4.69) is 40.5 Å². The van der Waals surface area contributed by atoms with Crippen molar-refractivity contribution >= 4 is 16.7 Å². The minimum Gasteiger partial charge on any atom is -0.398 e. The van der Waals surface area contributed by atoms with Gasteiger partial charge in [-0.25, -0.2) is 4.98 Å². The van der Waals surface area contributed by atoms with E-state index >= 15 is 0 Å². The number of pyridine rings is 1. The quantitative estimate of drug-likeness (QED) is 0.783. The lowest BCUT2D eigenvalue weighted by Crippen LogP contribution is -2.06. The summed E-state index contributed by atoms with van der Waals surface area (Å²) in [7, 11) is 0. The molecule has 0 aliphatic carbocycles. The van der Waals surface area contributed by atoms with Crippen molar-refractivity contribution in [2.24, 2.45) is 0 Å². The average molecular weight is 280 g/mol. The molecule has 0 aliphatic heterocycles. The van der Waals surface area contributed by atoms with Crippen LogP contribution in [0.4, 0.5) is 5.69 Å². The van der Waals surface area contributed by atoms with E-state index in [0.717, 1.165) is 33.5 Å². The lowest BCUT2D eigenvalue weighted by molar-refractivity contribution is 0.789. The number of anilines is 1. The number of nitrogens with zero attached hydrogens (tertiary/aromatic N) is 3. The number of nitrogens with two attached hydrogens (primary N) is 1. The normalized spacial score (nSPS) is 11.2. The highest BCUT2D eigenvalue weighted by Gasteiger charge is 2.10. The summed E-state index contributed by atoms with van der Waals surface area (Å²) in [6.07, 6.45) is 3.72.